The van der Waals surface area contributed by atoms with E-state index >= 15 is 0 Å². The molecule has 0 aliphatic heterocycles. The zero-order valence-corrected chi connectivity index (χ0v) is 12.7. The maximum absolute atomic E-state index is 13.7. The maximum atomic E-state index is 13.7. The second-order valence-electron chi connectivity index (χ2n) is 6.52. The van der Waals surface area contributed by atoms with E-state index in [9.17, 15) is 14.0 Å². The number of benzene rings is 1. The molecule has 0 unspecified atom stereocenters. The third kappa shape index (κ3) is 3.40. The van der Waals surface area contributed by atoms with Crippen LogP contribution in [0.1, 0.15) is 39.2 Å². The summed E-state index contributed by atoms with van der Waals surface area (Å²) in [6.45, 7) is 7.05. The average molecular weight is 293 g/mol. The number of amides is 1. The number of rotatable bonds is 3. The molecule has 4 nitrogen and oxygen atoms in total. The Morgan fingerprint density at radius 3 is 2.43 bits per heavy atom. The van der Waals surface area contributed by atoms with Crippen molar-refractivity contribution in [3.63, 3.8) is 0 Å². The van der Waals surface area contributed by atoms with Crippen molar-refractivity contribution in [1.82, 2.24) is 0 Å². The summed E-state index contributed by atoms with van der Waals surface area (Å²) in [5.74, 6) is -1.56. The molecular formula is C16H20FNO3. The number of hydrogen-bond donors (Lipinski definition) is 1. The van der Waals surface area contributed by atoms with E-state index < -0.39 is 28.7 Å². The highest BCUT2D eigenvalue weighted by molar-refractivity contribution is 6.11. The van der Waals surface area contributed by atoms with Crippen molar-refractivity contribution in [3.05, 3.63) is 29.6 Å². The quantitative estimate of drug-likeness (QED) is 0.688. The van der Waals surface area contributed by atoms with Gasteiger partial charge in [-0.3, -0.25) is 9.59 Å². The van der Waals surface area contributed by atoms with Crippen molar-refractivity contribution in [1.29, 1.82) is 0 Å². The van der Waals surface area contributed by atoms with E-state index in [2.05, 4.69) is 5.32 Å². The monoisotopic (exact) mass is 293 g/mol. The van der Waals surface area contributed by atoms with Gasteiger partial charge in [-0.25, -0.2) is 4.39 Å². The molecule has 1 aliphatic rings. The summed E-state index contributed by atoms with van der Waals surface area (Å²) in [7, 11) is 0. The molecule has 0 bridgehead atoms. The molecule has 0 radical (unpaired) electrons. The number of ether oxygens (including phenoxy) is 1. The first-order valence-electron chi connectivity index (χ1n) is 6.95. The van der Waals surface area contributed by atoms with Crippen LogP contribution in [0.5, 0.6) is 0 Å². The predicted octanol–water partition coefficient (Wildman–Crippen LogP) is 3.19. The van der Waals surface area contributed by atoms with Crippen molar-refractivity contribution in [2.45, 2.75) is 46.1 Å². The lowest BCUT2D eigenvalue weighted by Gasteiger charge is -2.23. The molecule has 0 saturated heterocycles. The Hall–Kier alpha value is -1.91. The summed E-state index contributed by atoms with van der Waals surface area (Å²) in [4.78, 5) is 24.5. The van der Waals surface area contributed by atoms with Crippen LogP contribution >= 0.6 is 0 Å². The summed E-state index contributed by atoms with van der Waals surface area (Å²) in [6.07, 6.45) is 0.863. The first-order valence-corrected chi connectivity index (χ1v) is 6.95. The Morgan fingerprint density at radius 1 is 1.29 bits per heavy atom. The number of hydrogen-bond acceptors (Lipinski definition) is 3. The van der Waals surface area contributed by atoms with Gasteiger partial charge in [0, 0.05) is 0 Å². The molecule has 1 aromatic rings. The summed E-state index contributed by atoms with van der Waals surface area (Å²) in [5.41, 5.74) is -0.894. The normalized spacial score (nSPS) is 16.2. The van der Waals surface area contributed by atoms with Gasteiger partial charge in [0.1, 0.15) is 16.8 Å². The van der Waals surface area contributed by atoms with Gasteiger partial charge in [0.2, 0.25) is 5.91 Å². The average Bonchev–Trinajstić information content (AvgIpc) is 3.13. The molecule has 2 rings (SSSR count). The van der Waals surface area contributed by atoms with Crippen molar-refractivity contribution in [2.75, 3.05) is 5.32 Å². The van der Waals surface area contributed by atoms with Gasteiger partial charge in [-0.1, -0.05) is 6.07 Å². The van der Waals surface area contributed by atoms with E-state index in [-0.39, 0.29) is 5.69 Å². The Labute approximate surface area is 123 Å². The van der Waals surface area contributed by atoms with Gasteiger partial charge in [-0.2, -0.15) is 0 Å². The van der Waals surface area contributed by atoms with Crippen LogP contribution < -0.4 is 5.32 Å². The summed E-state index contributed by atoms with van der Waals surface area (Å²) >= 11 is 0. The van der Waals surface area contributed by atoms with Crippen LogP contribution in [0.4, 0.5) is 10.1 Å². The zero-order valence-electron chi connectivity index (χ0n) is 12.7. The van der Waals surface area contributed by atoms with Gasteiger partial charge in [-0.15, -0.1) is 0 Å². The van der Waals surface area contributed by atoms with Crippen LogP contribution in [0.3, 0.4) is 0 Å². The Morgan fingerprint density at radius 2 is 1.90 bits per heavy atom. The standard InChI is InChI=1S/C16H20FNO3/c1-10-5-6-11(17)12(9-10)18-13(19)16(7-8-16)14(20)21-15(2,3)4/h5-6,9H,7-8H2,1-4H3,(H,18,19). The molecule has 0 heterocycles. The van der Waals surface area contributed by atoms with Gasteiger partial charge >= 0.3 is 5.97 Å². The van der Waals surface area contributed by atoms with E-state index in [0.717, 1.165) is 5.56 Å². The number of carbonyl (C=O) groups excluding carboxylic acids is 2. The third-order valence-corrected chi connectivity index (χ3v) is 3.34. The van der Waals surface area contributed by atoms with Crippen LogP contribution in [0.25, 0.3) is 0 Å². The van der Waals surface area contributed by atoms with Crippen molar-refractivity contribution in [3.8, 4) is 0 Å². The third-order valence-electron chi connectivity index (χ3n) is 3.34. The van der Waals surface area contributed by atoms with E-state index in [1.165, 1.54) is 6.07 Å². The minimum Gasteiger partial charge on any atom is -0.459 e. The zero-order chi connectivity index (χ0) is 15.8. The van der Waals surface area contributed by atoms with Crippen LogP contribution in [0.2, 0.25) is 0 Å². The van der Waals surface area contributed by atoms with Crippen LogP contribution in [-0.4, -0.2) is 17.5 Å². The van der Waals surface area contributed by atoms with E-state index in [1.807, 2.05) is 0 Å². The van der Waals surface area contributed by atoms with E-state index in [4.69, 9.17) is 4.74 Å². The first kappa shape index (κ1) is 15.5. The van der Waals surface area contributed by atoms with E-state index in [0.29, 0.717) is 12.8 Å². The molecule has 0 atom stereocenters. The fourth-order valence-corrected chi connectivity index (χ4v) is 2.00. The number of esters is 1. The number of anilines is 1. The second-order valence-corrected chi connectivity index (χ2v) is 6.52. The molecule has 114 valence electrons. The lowest BCUT2D eigenvalue weighted by atomic mass is 10.1. The second kappa shape index (κ2) is 5.13. The number of carbonyl (C=O) groups is 2. The summed E-state index contributed by atoms with van der Waals surface area (Å²) < 4.78 is 19.0. The SMILES string of the molecule is Cc1ccc(F)c(NC(=O)C2(C(=O)OC(C)(C)C)CC2)c1. The van der Waals surface area contributed by atoms with Gasteiger partial charge in [0.15, 0.2) is 0 Å². The molecule has 1 aliphatic carbocycles. The molecule has 5 heteroatoms. The predicted molar refractivity (Wildman–Crippen MR) is 77.3 cm³/mol. The maximum Gasteiger partial charge on any atom is 0.322 e. The van der Waals surface area contributed by atoms with Crippen LogP contribution in [0, 0.1) is 18.2 Å². The van der Waals surface area contributed by atoms with Crippen LogP contribution in [-0.2, 0) is 14.3 Å². The fourth-order valence-electron chi connectivity index (χ4n) is 2.00. The Bertz CT molecular complexity index is 586. The number of halogens is 1. The van der Waals surface area contributed by atoms with Crippen molar-refractivity contribution < 1.29 is 18.7 Å². The number of nitrogens with one attached hydrogen (secondary N) is 1. The molecular weight excluding hydrogens is 273 g/mol. The van der Waals surface area contributed by atoms with Crippen LogP contribution in [0.15, 0.2) is 18.2 Å². The smallest absolute Gasteiger partial charge is 0.322 e. The number of aryl methyl sites for hydroxylation is 1. The minimum atomic E-state index is -1.16. The molecule has 1 N–H and O–H groups in total. The lowest BCUT2D eigenvalue weighted by Crippen LogP contribution is -2.37. The highest BCUT2D eigenvalue weighted by atomic mass is 19.1. The Balaban J connectivity index is 2.13. The summed E-state index contributed by atoms with van der Waals surface area (Å²) in [5, 5.41) is 2.51. The lowest BCUT2D eigenvalue weighted by molar-refractivity contribution is -0.163. The minimum absolute atomic E-state index is 0.0924. The van der Waals surface area contributed by atoms with Gasteiger partial charge in [-0.05, 0) is 58.2 Å². The van der Waals surface area contributed by atoms with E-state index in [1.54, 1.807) is 39.8 Å². The molecule has 0 aromatic heterocycles. The van der Waals surface area contributed by atoms with Gasteiger partial charge in [0.05, 0.1) is 5.69 Å². The fraction of sp³-hybridized carbons (Fsp3) is 0.500. The largest absolute Gasteiger partial charge is 0.459 e. The molecule has 0 spiro atoms. The molecule has 21 heavy (non-hydrogen) atoms. The molecule has 1 aromatic carbocycles. The van der Waals surface area contributed by atoms with Gasteiger partial charge in [0.25, 0.3) is 0 Å². The summed E-state index contributed by atoms with van der Waals surface area (Å²) in [6, 6.07) is 4.45. The molecule has 1 amide bonds. The van der Waals surface area contributed by atoms with Crippen molar-refractivity contribution >= 4 is 17.6 Å². The van der Waals surface area contributed by atoms with Crippen molar-refractivity contribution in [2.24, 2.45) is 5.41 Å². The first-order chi connectivity index (χ1) is 9.64. The molecule has 1 fully saturated rings. The Kier molecular flexibility index (Phi) is 3.78. The van der Waals surface area contributed by atoms with Gasteiger partial charge < -0.3 is 10.1 Å². The molecule has 1 saturated carbocycles. The highest BCUT2D eigenvalue weighted by Gasteiger charge is 2.58. The highest BCUT2D eigenvalue weighted by Crippen LogP contribution is 2.48. The topological polar surface area (TPSA) is 55.4 Å².